The summed E-state index contributed by atoms with van der Waals surface area (Å²) in [5.74, 6) is 0.870. The lowest BCUT2D eigenvalue weighted by Gasteiger charge is -2.24. The van der Waals surface area contributed by atoms with E-state index in [4.69, 9.17) is 10.2 Å². The Hall–Kier alpha value is -2.23. The number of halogens is 1. The van der Waals surface area contributed by atoms with Crippen molar-refractivity contribution in [2.24, 2.45) is 10.7 Å². The number of primary amides is 1. The van der Waals surface area contributed by atoms with Crippen LogP contribution in [0.15, 0.2) is 45.8 Å². The van der Waals surface area contributed by atoms with Crippen molar-refractivity contribution in [2.45, 2.75) is 20.4 Å². The first kappa shape index (κ1) is 22.8. The highest BCUT2D eigenvalue weighted by molar-refractivity contribution is 14.0. The molecule has 1 aromatic carbocycles. The summed E-state index contributed by atoms with van der Waals surface area (Å²) >= 11 is 0. The third-order valence-corrected chi connectivity index (χ3v) is 3.98. The highest BCUT2D eigenvalue weighted by atomic mass is 127. The fourth-order valence-electron chi connectivity index (χ4n) is 2.60. The molecule has 0 spiro atoms. The molecule has 0 aliphatic heterocycles. The number of aryl methyl sites for hydroxylation is 1. The predicted octanol–water partition coefficient (Wildman–Crippen LogP) is 2.50. The highest BCUT2D eigenvalue weighted by Gasteiger charge is 2.08. The average Bonchev–Trinajstić information content (AvgIpc) is 3.10. The van der Waals surface area contributed by atoms with Gasteiger partial charge < -0.3 is 25.7 Å². The van der Waals surface area contributed by atoms with E-state index in [-0.39, 0.29) is 29.7 Å². The topological polar surface area (TPSA) is 95.9 Å². The van der Waals surface area contributed by atoms with Gasteiger partial charge in [-0.1, -0.05) is 12.1 Å². The molecular formula is C19H28IN5O2. The van der Waals surface area contributed by atoms with Crippen molar-refractivity contribution in [1.82, 2.24) is 10.6 Å². The minimum Gasteiger partial charge on any atom is -0.454 e. The van der Waals surface area contributed by atoms with Gasteiger partial charge in [0.1, 0.15) is 5.76 Å². The number of amides is 1. The number of hydrogen-bond donors (Lipinski definition) is 3. The summed E-state index contributed by atoms with van der Waals surface area (Å²) in [5.41, 5.74) is 7.64. The standard InChI is InChI=1S/C19H27N5O2.HI/c1-4-24(15-7-5-6-14(2)12-15)11-10-22-19(21-3)23-13-16-8-9-17(26-16)18(20)25;/h5-9,12H,4,10-11,13H2,1-3H3,(H2,20,25)(H2,21,22,23);1H. The van der Waals surface area contributed by atoms with Gasteiger partial charge in [-0.15, -0.1) is 24.0 Å². The molecule has 148 valence electrons. The van der Waals surface area contributed by atoms with E-state index in [9.17, 15) is 4.79 Å². The first-order chi connectivity index (χ1) is 12.5. The number of carbonyl (C=O) groups is 1. The summed E-state index contributed by atoms with van der Waals surface area (Å²) in [7, 11) is 1.71. The molecule has 2 aromatic rings. The smallest absolute Gasteiger partial charge is 0.284 e. The van der Waals surface area contributed by atoms with Crippen LogP contribution in [-0.2, 0) is 6.54 Å². The third kappa shape index (κ3) is 7.12. The first-order valence-corrected chi connectivity index (χ1v) is 8.68. The molecule has 8 heteroatoms. The molecule has 4 N–H and O–H groups in total. The number of carbonyl (C=O) groups excluding carboxylic acids is 1. The van der Waals surface area contributed by atoms with Crippen LogP contribution >= 0.6 is 24.0 Å². The molecule has 0 fully saturated rings. The van der Waals surface area contributed by atoms with E-state index < -0.39 is 5.91 Å². The van der Waals surface area contributed by atoms with Crippen molar-refractivity contribution in [3.63, 3.8) is 0 Å². The molecule has 27 heavy (non-hydrogen) atoms. The van der Waals surface area contributed by atoms with Crippen molar-refractivity contribution in [1.29, 1.82) is 0 Å². The largest absolute Gasteiger partial charge is 0.454 e. The molecule has 0 aliphatic rings. The van der Waals surface area contributed by atoms with Gasteiger partial charge >= 0.3 is 0 Å². The number of guanidine groups is 1. The maximum absolute atomic E-state index is 11.0. The summed E-state index contributed by atoms with van der Waals surface area (Å²) in [6, 6.07) is 11.8. The number of hydrogen-bond acceptors (Lipinski definition) is 4. The van der Waals surface area contributed by atoms with Crippen molar-refractivity contribution < 1.29 is 9.21 Å². The molecule has 0 unspecified atom stereocenters. The van der Waals surface area contributed by atoms with Gasteiger partial charge in [-0.3, -0.25) is 9.79 Å². The number of aliphatic imine (C=N–C) groups is 1. The Morgan fingerprint density at radius 2 is 2.04 bits per heavy atom. The van der Waals surface area contributed by atoms with Crippen molar-refractivity contribution in [3.8, 4) is 0 Å². The van der Waals surface area contributed by atoms with E-state index in [1.807, 2.05) is 0 Å². The third-order valence-electron chi connectivity index (χ3n) is 3.98. The van der Waals surface area contributed by atoms with Crippen molar-refractivity contribution in [2.75, 3.05) is 31.6 Å². The fourth-order valence-corrected chi connectivity index (χ4v) is 2.60. The molecule has 2 rings (SSSR count). The molecule has 0 saturated heterocycles. The van der Waals surface area contributed by atoms with Gasteiger partial charge in [-0.05, 0) is 43.7 Å². The van der Waals surface area contributed by atoms with E-state index in [2.05, 4.69) is 58.6 Å². The van der Waals surface area contributed by atoms with Crippen LogP contribution in [0.25, 0.3) is 0 Å². The fraction of sp³-hybridized carbons (Fsp3) is 0.368. The van der Waals surface area contributed by atoms with Crippen LogP contribution in [0, 0.1) is 6.92 Å². The van der Waals surface area contributed by atoms with Gasteiger partial charge in [-0.25, -0.2) is 0 Å². The van der Waals surface area contributed by atoms with Gasteiger partial charge in [0.15, 0.2) is 11.7 Å². The molecule has 1 amide bonds. The van der Waals surface area contributed by atoms with Gasteiger partial charge in [0.25, 0.3) is 5.91 Å². The molecule has 0 aliphatic carbocycles. The second-order valence-electron chi connectivity index (χ2n) is 5.90. The molecule has 1 aromatic heterocycles. The van der Waals surface area contributed by atoms with E-state index in [1.54, 1.807) is 19.2 Å². The Morgan fingerprint density at radius 1 is 1.26 bits per heavy atom. The lowest BCUT2D eigenvalue weighted by Crippen LogP contribution is -2.41. The van der Waals surface area contributed by atoms with E-state index in [0.717, 1.165) is 19.6 Å². The second-order valence-corrected chi connectivity index (χ2v) is 5.90. The number of nitrogens with two attached hydrogens (primary N) is 1. The summed E-state index contributed by atoms with van der Waals surface area (Å²) in [4.78, 5) is 17.5. The quantitative estimate of drug-likeness (QED) is 0.304. The Balaban J connectivity index is 0.00000364. The lowest BCUT2D eigenvalue weighted by atomic mass is 10.2. The number of benzene rings is 1. The molecule has 0 bridgehead atoms. The minimum absolute atomic E-state index is 0. The Morgan fingerprint density at radius 3 is 2.63 bits per heavy atom. The van der Waals surface area contributed by atoms with E-state index >= 15 is 0 Å². The van der Waals surface area contributed by atoms with Crippen LogP contribution in [0.2, 0.25) is 0 Å². The number of nitrogens with one attached hydrogen (secondary N) is 2. The molecule has 0 saturated carbocycles. The number of furan rings is 1. The minimum atomic E-state index is -0.574. The number of likely N-dealkylation sites (N-methyl/N-ethyl adjacent to an activating group) is 1. The first-order valence-electron chi connectivity index (χ1n) is 8.68. The SMILES string of the molecule is CCN(CCNC(=NC)NCc1ccc(C(N)=O)o1)c1cccc(C)c1.I. The Labute approximate surface area is 177 Å². The lowest BCUT2D eigenvalue weighted by molar-refractivity contribution is 0.0972. The number of nitrogens with zero attached hydrogens (tertiary/aromatic N) is 2. The van der Waals surface area contributed by atoms with E-state index in [1.165, 1.54) is 11.3 Å². The van der Waals surface area contributed by atoms with Crippen LogP contribution in [0.5, 0.6) is 0 Å². The van der Waals surface area contributed by atoms with Crippen molar-refractivity contribution >= 4 is 41.5 Å². The Bertz CT molecular complexity index is 760. The van der Waals surface area contributed by atoms with Crippen LogP contribution in [-0.4, -0.2) is 38.5 Å². The summed E-state index contributed by atoms with van der Waals surface area (Å²) in [6.07, 6.45) is 0. The van der Waals surface area contributed by atoms with Gasteiger partial charge in [0.05, 0.1) is 6.54 Å². The van der Waals surface area contributed by atoms with Gasteiger partial charge in [0, 0.05) is 32.4 Å². The molecule has 0 atom stereocenters. The van der Waals surface area contributed by atoms with E-state index in [0.29, 0.717) is 18.3 Å². The monoisotopic (exact) mass is 485 g/mol. The summed E-state index contributed by atoms with van der Waals surface area (Å²) < 4.78 is 5.34. The number of anilines is 1. The molecule has 1 heterocycles. The molecule has 7 nitrogen and oxygen atoms in total. The van der Waals surface area contributed by atoms with Crippen LogP contribution in [0.4, 0.5) is 5.69 Å². The van der Waals surface area contributed by atoms with Crippen LogP contribution in [0.1, 0.15) is 28.8 Å². The van der Waals surface area contributed by atoms with Crippen LogP contribution < -0.4 is 21.3 Å². The maximum atomic E-state index is 11.0. The highest BCUT2D eigenvalue weighted by Crippen LogP contribution is 2.15. The van der Waals surface area contributed by atoms with Gasteiger partial charge in [0.2, 0.25) is 0 Å². The van der Waals surface area contributed by atoms with Crippen LogP contribution in [0.3, 0.4) is 0 Å². The van der Waals surface area contributed by atoms with Gasteiger partial charge in [-0.2, -0.15) is 0 Å². The molecule has 0 radical (unpaired) electrons. The number of rotatable bonds is 8. The predicted molar refractivity (Wildman–Crippen MR) is 120 cm³/mol. The molecular weight excluding hydrogens is 457 g/mol. The second kappa shape index (κ2) is 11.5. The zero-order valence-electron chi connectivity index (χ0n) is 16.0. The summed E-state index contributed by atoms with van der Waals surface area (Å²) in [6.45, 7) is 7.18. The average molecular weight is 485 g/mol. The maximum Gasteiger partial charge on any atom is 0.284 e. The normalized spacial score (nSPS) is 10.9. The van der Waals surface area contributed by atoms with Crippen molar-refractivity contribution in [3.05, 3.63) is 53.5 Å². The summed E-state index contributed by atoms with van der Waals surface area (Å²) in [5, 5.41) is 6.44. The Kier molecular flexibility index (Phi) is 9.70. The zero-order chi connectivity index (χ0) is 18.9. The zero-order valence-corrected chi connectivity index (χ0v) is 18.3.